The molecule has 0 aromatic heterocycles. The molecule has 6 nitrogen and oxygen atoms in total. The summed E-state index contributed by atoms with van der Waals surface area (Å²) in [5.41, 5.74) is 5.58. The van der Waals surface area contributed by atoms with Crippen LogP contribution in [0.2, 0.25) is 0 Å². The van der Waals surface area contributed by atoms with Crippen LogP contribution in [0.25, 0.3) is 0 Å². The molecular weight excluding hydrogens is 342 g/mol. The molecule has 0 fully saturated rings. The fourth-order valence-corrected chi connectivity index (χ4v) is 2.27. The van der Waals surface area contributed by atoms with E-state index in [9.17, 15) is 9.59 Å². The van der Waals surface area contributed by atoms with E-state index in [-0.39, 0.29) is 0 Å². The molecule has 0 saturated carbocycles. The number of nitrogens with one attached hydrogen (secondary N) is 2. The summed E-state index contributed by atoms with van der Waals surface area (Å²) in [7, 11) is 0. The molecule has 142 valence electrons. The maximum absolute atomic E-state index is 12.0. The highest BCUT2D eigenvalue weighted by Crippen LogP contribution is 2.17. The molecule has 2 amide bonds. The van der Waals surface area contributed by atoms with Crippen LogP contribution in [0.1, 0.15) is 36.5 Å². The monoisotopic (exact) mass is 367 g/mol. The van der Waals surface area contributed by atoms with Crippen molar-refractivity contribution in [3.8, 4) is 5.75 Å². The Morgan fingerprint density at radius 2 is 1.81 bits per heavy atom. The summed E-state index contributed by atoms with van der Waals surface area (Å²) in [4.78, 5) is 23.9. The fraction of sp³-hybridized carbons (Fsp3) is 0.286. The highest BCUT2D eigenvalue weighted by atomic mass is 16.5. The average molecular weight is 367 g/mol. The van der Waals surface area contributed by atoms with Gasteiger partial charge in [0.1, 0.15) is 5.75 Å². The van der Waals surface area contributed by atoms with Gasteiger partial charge in [0.2, 0.25) is 0 Å². The lowest BCUT2D eigenvalue weighted by Gasteiger charge is -2.09. The Balaban J connectivity index is 1.85. The van der Waals surface area contributed by atoms with E-state index in [4.69, 9.17) is 4.74 Å². The van der Waals surface area contributed by atoms with Crippen LogP contribution in [0.15, 0.2) is 47.6 Å². The fourth-order valence-electron chi connectivity index (χ4n) is 2.27. The van der Waals surface area contributed by atoms with Gasteiger partial charge in [0.05, 0.1) is 12.8 Å². The summed E-state index contributed by atoms with van der Waals surface area (Å²) in [6, 6.07) is 12.8. The predicted molar refractivity (Wildman–Crippen MR) is 107 cm³/mol. The number of ether oxygens (including phenoxy) is 1. The van der Waals surface area contributed by atoms with Gasteiger partial charge in [-0.3, -0.25) is 9.59 Å². The van der Waals surface area contributed by atoms with Gasteiger partial charge >= 0.3 is 11.8 Å². The van der Waals surface area contributed by atoms with Gasteiger partial charge in [0, 0.05) is 5.69 Å². The average Bonchev–Trinajstić information content (AvgIpc) is 2.66. The van der Waals surface area contributed by atoms with E-state index in [1.807, 2.05) is 50.2 Å². The summed E-state index contributed by atoms with van der Waals surface area (Å²) in [6.45, 7) is 6.63. The van der Waals surface area contributed by atoms with Crippen molar-refractivity contribution in [2.24, 2.45) is 5.10 Å². The van der Waals surface area contributed by atoms with E-state index >= 15 is 0 Å². The van der Waals surface area contributed by atoms with Crippen molar-refractivity contribution in [3.05, 3.63) is 59.2 Å². The van der Waals surface area contributed by atoms with Crippen LogP contribution in [-0.4, -0.2) is 24.6 Å². The maximum Gasteiger partial charge on any atom is 0.329 e. The molecule has 0 saturated heterocycles. The van der Waals surface area contributed by atoms with Gasteiger partial charge < -0.3 is 10.1 Å². The van der Waals surface area contributed by atoms with Gasteiger partial charge in [-0.25, -0.2) is 5.43 Å². The molecule has 2 rings (SSSR count). The van der Waals surface area contributed by atoms with Crippen molar-refractivity contribution in [2.75, 3.05) is 11.9 Å². The van der Waals surface area contributed by atoms with Gasteiger partial charge in [-0.15, -0.1) is 0 Å². The number of benzene rings is 2. The Morgan fingerprint density at radius 1 is 1.07 bits per heavy atom. The molecule has 0 unspecified atom stereocenters. The molecule has 0 aliphatic heterocycles. The number of anilines is 1. The molecule has 0 spiro atoms. The zero-order chi connectivity index (χ0) is 19.6. The first-order chi connectivity index (χ1) is 13.0. The van der Waals surface area contributed by atoms with E-state index in [1.165, 1.54) is 6.21 Å². The van der Waals surface area contributed by atoms with Crippen LogP contribution < -0.4 is 15.5 Å². The van der Waals surface area contributed by atoms with Crippen molar-refractivity contribution in [1.29, 1.82) is 0 Å². The first-order valence-corrected chi connectivity index (χ1v) is 8.94. The third kappa shape index (κ3) is 6.26. The van der Waals surface area contributed by atoms with E-state index in [2.05, 4.69) is 22.8 Å². The topological polar surface area (TPSA) is 79.8 Å². The maximum atomic E-state index is 12.0. The summed E-state index contributed by atoms with van der Waals surface area (Å²) >= 11 is 0. The SMILES string of the molecule is CCCCOc1ccc(/C=N\NC(=O)C(=O)Nc2cccc(C)c2C)cc1. The number of rotatable bonds is 7. The zero-order valence-corrected chi connectivity index (χ0v) is 15.9. The van der Waals surface area contributed by atoms with E-state index < -0.39 is 11.8 Å². The van der Waals surface area contributed by atoms with Crippen molar-refractivity contribution in [1.82, 2.24) is 5.43 Å². The summed E-state index contributed by atoms with van der Waals surface area (Å²) in [6.07, 6.45) is 3.57. The van der Waals surface area contributed by atoms with Crippen molar-refractivity contribution >= 4 is 23.7 Å². The minimum absolute atomic E-state index is 0.609. The standard InChI is InChI=1S/C21H25N3O3/c1-4-5-13-27-18-11-9-17(10-12-18)14-22-24-21(26)20(25)23-19-8-6-7-15(2)16(19)3/h6-12,14H,4-5,13H2,1-3H3,(H,23,25)(H,24,26)/b22-14-. The molecule has 0 aliphatic rings. The van der Waals surface area contributed by atoms with Crippen LogP contribution in [0.3, 0.4) is 0 Å². The first-order valence-electron chi connectivity index (χ1n) is 8.94. The number of carbonyl (C=O) groups excluding carboxylic acids is 2. The molecule has 2 aromatic carbocycles. The molecule has 0 aliphatic carbocycles. The number of aryl methyl sites for hydroxylation is 1. The lowest BCUT2D eigenvalue weighted by Crippen LogP contribution is -2.32. The van der Waals surface area contributed by atoms with Gasteiger partial charge in [0.25, 0.3) is 0 Å². The Morgan fingerprint density at radius 3 is 2.52 bits per heavy atom. The Hall–Kier alpha value is -3.15. The Kier molecular flexibility index (Phi) is 7.55. The quantitative estimate of drug-likeness (QED) is 0.340. The van der Waals surface area contributed by atoms with Gasteiger partial charge in [-0.2, -0.15) is 5.10 Å². The van der Waals surface area contributed by atoms with Crippen LogP contribution in [0.4, 0.5) is 5.69 Å². The number of hydrogen-bond donors (Lipinski definition) is 2. The molecule has 0 heterocycles. The molecule has 0 bridgehead atoms. The highest BCUT2D eigenvalue weighted by Gasteiger charge is 2.14. The van der Waals surface area contributed by atoms with E-state index in [0.717, 1.165) is 35.3 Å². The number of nitrogens with zero attached hydrogens (tertiary/aromatic N) is 1. The number of unbranched alkanes of at least 4 members (excludes halogenated alkanes) is 1. The zero-order valence-electron chi connectivity index (χ0n) is 15.9. The first kappa shape index (κ1) is 20.2. The minimum atomic E-state index is -0.827. The second-order valence-electron chi connectivity index (χ2n) is 6.17. The van der Waals surface area contributed by atoms with Crippen LogP contribution in [-0.2, 0) is 9.59 Å². The molecule has 27 heavy (non-hydrogen) atoms. The summed E-state index contributed by atoms with van der Waals surface area (Å²) in [5, 5.41) is 6.41. The van der Waals surface area contributed by atoms with Crippen molar-refractivity contribution in [3.63, 3.8) is 0 Å². The third-order valence-electron chi connectivity index (χ3n) is 4.09. The normalized spacial score (nSPS) is 10.6. The van der Waals surface area contributed by atoms with Gasteiger partial charge in [-0.1, -0.05) is 25.5 Å². The Bertz CT molecular complexity index is 814. The molecule has 0 radical (unpaired) electrons. The molecule has 2 N–H and O–H groups in total. The second-order valence-corrected chi connectivity index (χ2v) is 6.17. The van der Waals surface area contributed by atoms with Crippen molar-refractivity contribution < 1.29 is 14.3 Å². The van der Waals surface area contributed by atoms with E-state index in [0.29, 0.717) is 12.3 Å². The molecular formula is C21H25N3O3. The van der Waals surface area contributed by atoms with Crippen molar-refractivity contribution in [2.45, 2.75) is 33.6 Å². The number of hydrazone groups is 1. The number of carbonyl (C=O) groups is 2. The second kappa shape index (κ2) is 10.1. The smallest absolute Gasteiger partial charge is 0.329 e. The third-order valence-corrected chi connectivity index (χ3v) is 4.09. The van der Waals surface area contributed by atoms with Gasteiger partial charge in [0.15, 0.2) is 0 Å². The highest BCUT2D eigenvalue weighted by molar-refractivity contribution is 6.39. The van der Waals surface area contributed by atoms with Crippen LogP contribution in [0, 0.1) is 13.8 Å². The molecule has 0 atom stereocenters. The predicted octanol–water partition coefficient (Wildman–Crippen LogP) is 3.57. The number of amides is 2. The summed E-state index contributed by atoms with van der Waals surface area (Å²) in [5.74, 6) is -0.801. The van der Waals surface area contributed by atoms with Crippen LogP contribution >= 0.6 is 0 Å². The summed E-state index contributed by atoms with van der Waals surface area (Å²) < 4.78 is 5.58. The van der Waals surface area contributed by atoms with Gasteiger partial charge in [-0.05, 0) is 67.3 Å². The minimum Gasteiger partial charge on any atom is -0.494 e. The van der Waals surface area contributed by atoms with Crippen LogP contribution in [0.5, 0.6) is 5.75 Å². The van der Waals surface area contributed by atoms with E-state index in [1.54, 1.807) is 6.07 Å². The lowest BCUT2D eigenvalue weighted by atomic mass is 10.1. The Labute approximate surface area is 159 Å². The lowest BCUT2D eigenvalue weighted by molar-refractivity contribution is -0.136. The molecule has 2 aromatic rings. The largest absolute Gasteiger partial charge is 0.494 e. The molecule has 6 heteroatoms. The number of hydrogen-bond acceptors (Lipinski definition) is 4.